The second-order valence-electron chi connectivity index (χ2n) is 5.92. The molecule has 1 aromatic carbocycles. The van der Waals surface area contributed by atoms with Crippen molar-refractivity contribution in [3.8, 4) is 0 Å². The Kier molecular flexibility index (Phi) is 7.51. The number of hydrogen-bond acceptors (Lipinski definition) is 2. The van der Waals surface area contributed by atoms with Crippen molar-refractivity contribution in [1.29, 1.82) is 0 Å². The summed E-state index contributed by atoms with van der Waals surface area (Å²) in [6, 6.07) is 7.92. The molecule has 0 fully saturated rings. The normalized spacial score (nSPS) is 11.0. The van der Waals surface area contributed by atoms with Gasteiger partial charge in [0, 0.05) is 28.8 Å². The van der Waals surface area contributed by atoms with E-state index < -0.39 is 0 Å². The Morgan fingerprint density at radius 1 is 0.955 bits per heavy atom. The summed E-state index contributed by atoms with van der Waals surface area (Å²) in [7, 11) is 0. The molecule has 0 unspecified atom stereocenters. The van der Waals surface area contributed by atoms with Crippen LogP contribution in [0.25, 0.3) is 10.9 Å². The van der Waals surface area contributed by atoms with Crippen molar-refractivity contribution in [3.05, 3.63) is 35.5 Å². The molecule has 1 N–H and O–H groups in total. The van der Waals surface area contributed by atoms with Crippen LogP contribution in [-0.2, 0) is 0 Å². The number of halogens is 1. The molecule has 0 aliphatic carbocycles. The minimum Gasteiger partial charge on any atom is -0.384 e. The molecule has 0 radical (unpaired) electrons. The Balaban J connectivity index is 1.69. The predicted molar refractivity (Wildman–Crippen MR) is 97.9 cm³/mol. The van der Waals surface area contributed by atoms with Gasteiger partial charge in [-0.3, -0.25) is 4.98 Å². The van der Waals surface area contributed by atoms with E-state index in [1.807, 2.05) is 30.5 Å². The Bertz CT molecular complexity index is 568. The fourth-order valence-corrected chi connectivity index (χ4v) is 2.92. The van der Waals surface area contributed by atoms with Gasteiger partial charge in [-0.25, -0.2) is 0 Å². The molecule has 0 saturated carbocycles. The summed E-state index contributed by atoms with van der Waals surface area (Å²) in [4.78, 5) is 4.37. The zero-order valence-electron chi connectivity index (χ0n) is 13.6. The van der Waals surface area contributed by atoms with Crippen LogP contribution in [0, 0.1) is 0 Å². The van der Waals surface area contributed by atoms with Gasteiger partial charge < -0.3 is 5.32 Å². The lowest BCUT2D eigenvalue weighted by molar-refractivity contribution is 0.581. The first-order chi connectivity index (χ1) is 10.8. The van der Waals surface area contributed by atoms with E-state index in [0.29, 0.717) is 0 Å². The standard InChI is InChI=1S/C19H27ClN2/c1-2-3-4-5-6-7-8-9-13-21-18-12-14-22-19-15-16(20)10-11-17(18)19/h10-12,14-15H,2-9,13H2,1H3,(H,21,22). The second kappa shape index (κ2) is 9.68. The average molecular weight is 319 g/mol. The fourth-order valence-electron chi connectivity index (χ4n) is 2.76. The first-order valence-corrected chi connectivity index (χ1v) is 8.97. The van der Waals surface area contributed by atoms with Gasteiger partial charge >= 0.3 is 0 Å². The summed E-state index contributed by atoms with van der Waals surface area (Å²) in [6.07, 6.45) is 12.6. The molecule has 1 heterocycles. The molecule has 1 aromatic heterocycles. The molecular formula is C19H27ClN2. The van der Waals surface area contributed by atoms with Crippen LogP contribution >= 0.6 is 11.6 Å². The molecule has 3 heteroatoms. The molecule has 120 valence electrons. The van der Waals surface area contributed by atoms with Gasteiger partial charge in [-0.15, -0.1) is 0 Å². The summed E-state index contributed by atoms with van der Waals surface area (Å²) in [5.74, 6) is 0. The third kappa shape index (κ3) is 5.49. The quantitative estimate of drug-likeness (QED) is 0.510. The van der Waals surface area contributed by atoms with Crippen molar-refractivity contribution in [2.24, 2.45) is 0 Å². The lowest BCUT2D eigenvalue weighted by Crippen LogP contribution is -2.02. The van der Waals surface area contributed by atoms with Crippen molar-refractivity contribution in [2.75, 3.05) is 11.9 Å². The van der Waals surface area contributed by atoms with E-state index >= 15 is 0 Å². The molecule has 0 bridgehead atoms. The molecule has 22 heavy (non-hydrogen) atoms. The number of rotatable bonds is 10. The minimum atomic E-state index is 0.736. The number of aromatic nitrogens is 1. The Morgan fingerprint density at radius 2 is 1.68 bits per heavy atom. The number of anilines is 1. The smallest absolute Gasteiger partial charge is 0.0737 e. The van der Waals surface area contributed by atoms with Gasteiger partial charge in [0.25, 0.3) is 0 Å². The zero-order chi connectivity index (χ0) is 15.6. The molecule has 0 atom stereocenters. The number of nitrogens with zero attached hydrogens (tertiary/aromatic N) is 1. The zero-order valence-corrected chi connectivity index (χ0v) is 14.3. The lowest BCUT2D eigenvalue weighted by Gasteiger charge is -2.09. The van der Waals surface area contributed by atoms with Gasteiger partial charge in [-0.2, -0.15) is 0 Å². The third-order valence-electron chi connectivity index (χ3n) is 4.05. The van der Waals surface area contributed by atoms with Crippen molar-refractivity contribution < 1.29 is 0 Å². The van der Waals surface area contributed by atoms with E-state index in [-0.39, 0.29) is 0 Å². The average Bonchev–Trinajstić information content (AvgIpc) is 2.53. The maximum Gasteiger partial charge on any atom is 0.0737 e. The number of fused-ring (bicyclic) bond motifs is 1. The topological polar surface area (TPSA) is 24.9 Å². The summed E-state index contributed by atoms with van der Waals surface area (Å²) >= 11 is 6.02. The van der Waals surface area contributed by atoms with E-state index in [0.717, 1.165) is 28.2 Å². The highest BCUT2D eigenvalue weighted by Crippen LogP contribution is 2.24. The Labute approximate surface area is 139 Å². The first-order valence-electron chi connectivity index (χ1n) is 8.59. The molecule has 2 aromatic rings. The summed E-state index contributed by atoms with van der Waals surface area (Å²) in [6.45, 7) is 3.29. The van der Waals surface area contributed by atoms with Crippen LogP contribution in [-0.4, -0.2) is 11.5 Å². The fraction of sp³-hybridized carbons (Fsp3) is 0.526. The van der Waals surface area contributed by atoms with Crippen LogP contribution in [0.2, 0.25) is 5.02 Å². The van der Waals surface area contributed by atoms with Gasteiger partial charge in [-0.1, -0.05) is 63.5 Å². The van der Waals surface area contributed by atoms with E-state index in [1.165, 1.54) is 51.4 Å². The molecule has 2 rings (SSSR count). The van der Waals surface area contributed by atoms with Gasteiger partial charge in [-0.05, 0) is 30.7 Å². The molecular weight excluding hydrogens is 292 g/mol. The number of pyridine rings is 1. The van der Waals surface area contributed by atoms with Crippen LogP contribution in [0.15, 0.2) is 30.5 Å². The van der Waals surface area contributed by atoms with Crippen LogP contribution in [0.4, 0.5) is 5.69 Å². The highest BCUT2D eigenvalue weighted by atomic mass is 35.5. The lowest BCUT2D eigenvalue weighted by atomic mass is 10.1. The minimum absolute atomic E-state index is 0.736. The molecule has 0 saturated heterocycles. The first kappa shape index (κ1) is 17.1. The van der Waals surface area contributed by atoms with Gasteiger partial charge in [0.15, 0.2) is 0 Å². The Morgan fingerprint density at radius 3 is 2.45 bits per heavy atom. The summed E-state index contributed by atoms with van der Waals surface area (Å²) < 4.78 is 0. The predicted octanol–water partition coefficient (Wildman–Crippen LogP) is 6.44. The van der Waals surface area contributed by atoms with Crippen molar-refractivity contribution >= 4 is 28.2 Å². The third-order valence-corrected chi connectivity index (χ3v) is 4.29. The van der Waals surface area contributed by atoms with Crippen LogP contribution < -0.4 is 5.32 Å². The van der Waals surface area contributed by atoms with E-state index in [4.69, 9.17) is 11.6 Å². The van der Waals surface area contributed by atoms with E-state index in [2.05, 4.69) is 17.2 Å². The molecule has 0 spiro atoms. The molecule has 2 nitrogen and oxygen atoms in total. The monoisotopic (exact) mass is 318 g/mol. The van der Waals surface area contributed by atoms with Crippen LogP contribution in [0.1, 0.15) is 58.3 Å². The van der Waals surface area contributed by atoms with Gasteiger partial charge in [0.1, 0.15) is 0 Å². The van der Waals surface area contributed by atoms with Crippen molar-refractivity contribution in [2.45, 2.75) is 58.3 Å². The highest BCUT2D eigenvalue weighted by Gasteiger charge is 2.02. The van der Waals surface area contributed by atoms with Gasteiger partial charge in [0.2, 0.25) is 0 Å². The second-order valence-corrected chi connectivity index (χ2v) is 6.36. The number of unbranched alkanes of at least 4 members (excludes halogenated alkanes) is 7. The SMILES string of the molecule is CCCCCCCCCCNc1ccnc2cc(Cl)ccc12. The highest BCUT2D eigenvalue weighted by molar-refractivity contribution is 6.31. The molecule has 0 aliphatic rings. The number of benzene rings is 1. The van der Waals surface area contributed by atoms with E-state index in [9.17, 15) is 0 Å². The van der Waals surface area contributed by atoms with Crippen LogP contribution in [0.3, 0.4) is 0 Å². The maximum atomic E-state index is 6.02. The summed E-state index contributed by atoms with van der Waals surface area (Å²) in [5.41, 5.74) is 2.11. The van der Waals surface area contributed by atoms with Crippen LogP contribution in [0.5, 0.6) is 0 Å². The Hall–Kier alpha value is -1.28. The molecule has 0 amide bonds. The maximum absolute atomic E-state index is 6.02. The molecule has 0 aliphatic heterocycles. The van der Waals surface area contributed by atoms with E-state index in [1.54, 1.807) is 0 Å². The number of nitrogens with one attached hydrogen (secondary N) is 1. The van der Waals surface area contributed by atoms with Crippen molar-refractivity contribution in [3.63, 3.8) is 0 Å². The largest absolute Gasteiger partial charge is 0.384 e. The number of hydrogen-bond donors (Lipinski definition) is 1. The van der Waals surface area contributed by atoms with Crippen molar-refractivity contribution in [1.82, 2.24) is 4.98 Å². The van der Waals surface area contributed by atoms with Gasteiger partial charge in [0.05, 0.1) is 5.52 Å². The summed E-state index contributed by atoms with van der Waals surface area (Å²) in [5, 5.41) is 5.42.